The van der Waals surface area contributed by atoms with Gasteiger partial charge in [-0.1, -0.05) is 25.7 Å². The highest BCUT2D eigenvalue weighted by Gasteiger charge is 2.22. The summed E-state index contributed by atoms with van der Waals surface area (Å²) in [7, 11) is 0. The molecule has 0 aromatic rings. The Kier molecular flexibility index (Phi) is 5.95. The number of rotatable bonds is 3. The highest BCUT2D eigenvalue weighted by atomic mass is 16.3. The Labute approximate surface area is 116 Å². The zero-order valence-electron chi connectivity index (χ0n) is 11.9. The molecule has 0 aromatic carbocycles. The van der Waals surface area contributed by atoms with Crippen LogP contribution in [0, 0.1) is 5.92 Å². The van der Waals surface area contributed by atoms with Gasteiger partial charge in [0.2, 0.25) is 0 Å². The van der Waals surface area contributed by atoms with Crippen molar-refractivity contribution in [3.05, 3.63) is 0 Å². The fourth-order valence-electron chi connectivity index (χ4n) is 3.33. The Bertz CT molecular complexity index is 267. The Morgan fingerprint density at radius 1 is 0.842 bits per heavy atom. The first-order valence-corrected chi connectivity index (χ1v) is 7.96. The van der Waals surface area contributed by atoms with E-state index in [1.165, 1.54) is 25.7 Å². The van der Waals surface area contributed by atoms with Crippen LogP contribution in [0.15, 0.2) is 0 Å². The number of urea groups is 1. The fourth-order valence-corrected chi connectivity index (χ4v) is 3.33. The van der Waals surface area contributed by atoms with Gasteiger partial charge in [0.15, 0.2) is 0 Å². The second-order valence-corrected chi connectivity index (χ2v) is 6.21. The van der Waals surface area contributed by atoms with Crippen molar-refractivity contribution in [3.8, 4) is 0 Å². The highest BCUT2D eigenvalue weighted by molar-refractivity contribution is 5.74. The average Bonchev–Trinajstić information content (AvgIpc) is 2.68. The van der Waals surface area contributed by atoms with Crippen LogP contribution in [0.4, 0.5) is 4.79 Å². The predicted octanol–water partition coefficient (Wildman–Crippen LogP) is 2.56. The summed E-state index contributed by atoms with van der Waals surface area (Å²) in [5, 5.41) is 15.3. The Hall–Kier alpha value is -0.770. The maximum absolute atomic E-state index is 12.0. The van der Waals surface area contributed by atoms with Crippen LogP contribution in [0.2, 0.25) is 0 Å². The molecule has 2 amide bonds. The van der Waals surface area contributed by atoms with Gasteiger partial charge in [-0.2, -0.15) is 0 Å². The van der Waals surface area contributed by atoms with Gasteiger partial charge in [0.05, 0.1) is 0 Å². The van der Waals surface area contributed by atoms with Gasteiger partial charge in [0.25, 0.3) is 0 Å². The molecule has 0 spiro atoms. The first-order valence-electron chi connectivity index (χ1n) is 7.96. The van der Waals surface area contributed by atoms with Crippen LogP contribution in [-0.4, -0.2) is 29.8 Å². The quantitative estimate of drug-likeness (QED) is 0.689. The number of amides is 2. The topological polar surface area (TPSA) is 61.4 Å². The van der Waals surface area contributed by atoms with E-state index in [-0.39, 0.29) is 6.03 Å². The molecule has 0 aliphatic heterocycles. The third-order valence-electron chi connectivity index (χ3n) is 4.63. The number of nitrogens with one attached hydrogen (secondary N) is 2. The summed E-state index contributed by atoms with van der Waals surface area (Å²) in [5.41, 5.74) is 0. The smallest absolute Gasteiger partial charge is 0.315 e. The van der Waals surface area contributed by atoms with Crippen molar-refractivity contribution in [3.63, 3.8) is 0 Å². The van der Waals surface area contributed by atoms with Crippen LogP contribution in [0.3, 0.4) is 0 Å². The lowest BCUT2D eigenvalue weighted by Gasteiger charge is -2.28. The normalized spacial score (nSPS) is 29.5. The lowest BCUT2D eigenvalue weighted by atomic mass is 9.87. The molecular weight excluding hydrogens is 240 g/mol. The minimum atomic E-state index is 0.0133. The van der Waals surface area contributed by atoms with Gasteiger partial charge in [-0.05, 0) is 44.4 Å². The minimum absolute atomic E-state index is 0.0133. The van der Waals surface area contributed by atoms with E-state index in [0.29, 0.717) is 24.6 Å². The van der Waals surface area contributed by atoms with E-state index in [2.05, 4.69) is 10.6 Å². The Morgan fingerprint density at radius 2 is 1.37 bits per heavy atom. The predicted molar refractivity (Wildman–Crippen MR) is 76.0 cm³/mol. The number of aliphatic hydroxyl groups excluding tert-OH is 1. The molecule has 3 N–H and O–H groups in total. The molecule has 110 valence electrons. The molecule has 0 unspecified atom stereocenters. The summed E-state index contributed by atoms with van der Waals surface area (Å²) in [5.74, 6) is 0.447. The molecule has 2 aliphatic rings. The molecule has 0 aromatic heterocycles. The molecule has 2 aliphatic carbocycles. The maximum atomic E-state index is 12.0. The molecule has 0 heterocycles. The standard InChI is InChI=1S/C15H28N2O2/c18-11-12-7-9-14(10-8-12)17-15(19)16-13-5-3-1-2-4-6-13/h12-14,18H,1-11H2,(H2,16,17,19). The van der Waals surface area contributed by atoms with E-state index in [4.69, 9.17) is 5.11 Å². The van der Waals surface area contributed by atoms with Crippen molar-refractivity contribution in [2.24, 2.45) is 5.92 Å². The number of hydrogen-bond donors (Lipinski definition) is 3. The van der Waals surface area contributed by atoms with Gasteiger partial charge >= 0.3 is 6.03 Å². The fraction of sp³-hybridized carbons (Fsp3) is 0.933. The molecule has 0 bridgehead atoms. The largest absolute Gasteiger partial charge is 0.396 e. The number of carbonyl (C=O) groups is 1. The summed E-state index contributed by atoms with van der Waals surface area (Å²) in [4.78, 5) is 12.0. The molecule has 4 heteroatoms. The molecule has 2 fully saturated rings. The highest BCUT2D eigenvalue weighted by Crippen LogP contribution is 2.23. The van der Waals surface area contributed by atoms with Crippen molar-refractivity contribution in [1.29, 1.82) is 0 Å². The van der Waals surface area contributed by atoms with Gasteiger partial charge in [-0.25, -0.2) is 4.79 Å². The van der Waals surface area contributed by atoms with Crippen LogP contribution in [0.1, 0.15) is 64.2 Å². The number of hydrogen-bond acceptors (Lipinski definition) is 2. The molecule has 4 nitrogen and oxygen atoms in total. The van der Waals surface area contributed by atoms with E-state index < -0.39 is 0 Å². The van der Waals surface area contributed by atoms with Crippen LogP contribution in [0.25, 0.3) is 0 Å². The van der Waals surface area contributed by atoms with Crippen LogP contribution in [0.5, 0.6) is 0 Å². The van der Waals surface area contributed by atoms with Gasteiger partial charge in [-0.3, -0.25) is 0 Å². The van der Waals surface area contributed by atoms with Crippen molar-refractivity contribution in [1.82, 2.24) is 10.6 Å². The summed E-state index contributed by atoms with van der Waals surface area (Å²) in [6.07, 6.45) is 11.4. The first-order chi connectivity index (χ1) is 9.28. The lowest BCUT2D eigenvalue weighted by Crippen LogP contribution is -2.47. The minimum Gasteiger partial charge on any atom is -0.396 e. The summed E-state index contributed by atoms with van der Waals surface area (Å²) in [6.45, 7) is 0.293. The molecule has 2 saturated carbocycles. The van der Waals surface area contributed by atoms with Crippen molar-refractivity contribution in [2.75, 3.05) is 6.61 Å². The Morgan fingerprint density at radius 3 is 1.89 bits per heavy atom. The zero-order chi connectivity index (χ0) is 13.5. The van der Waals surface area contributed by atoms with E-state index in [0.717, 1.165) is 38.5 Å². The van der Waals surface area contributed by atoms with Gasteiger partial charge < -0.3 is 15.7 Å². The second kappa shape index (κ2) is 7.73. The SMILES string of the molecule is O=C(NC1CCCCCC1)NC1CCC(CO)CC1. The molecular formula is C15H28N2O2. The van der Waals surface area contributed by atoms with Gasteiger partial charge in [-0.15, -0.1) is 0 Å². The van der Waals surface area contributed by atoms with E-state index in [1.54, 1.807) is 0 Å². The molecule has 0 atom stereocenters. The van der Waals surface area contributed by atoms with E-state index in [1.807, 2.05) is 0 Å². The zero-order valence-corrected chi connectivity index (χ0v) is 11.9. The third-order valence-corrected chi connectivity index (χ3v) is 4.63. The van der Waals surface area contributed by atoms with Gasteiger partial charge in [0.1, 0.15) is 0 Å². The molecule has 0 saturated heterocycles. The average molecular weight is 268 g/mol. The van der Waals surface area contributed by atoms with Crippen molar-refractivity contribution in [2.45, 2.75) is 76.3 Å². The Balaban J connectivity index is 1.66. The van der Waals surface area contributed by atoms with Crippen LogP contribution in [-0.2, 0) is 0 Å². The van der Waals surface area contributed by atoms with Crippen molar-refractivity contribution < 1.29 is 9.90 Å². The van der Waals surface area contributed by atoms with E-state index >= 15 is 0 Å². The molecule has 19 heavy (non-hydrogen) atoms. The van der Waals surface area contributed by atoms with Crippen LogP contribution < -0.4 is 10.6 Å². The van der Waals surface area contributed by atoms with E-state index in [9.17, 15) is 4.79 Å². The summed E-state index contributed by atoms with van der Waals surface area (Å²) < 4.78 is 0. The van der Waals surface area contributed by atoms with Crippen LogP contribution >= 0.6 is 0 Å². The second-order valence-electron chi connectivity index (χ2n) is 6.21. The molecule has 2 rings (SSSR count). The van der Waals surface area contributed by atoms with Gasteiger partial charge in [0, 0.05) is 18.7 Å². The van der Waals surface area contributed by atoms with Crippen molar-refractivity contribution >= 4 is 6.03 Å². The maximum Gasteiger partial charge on any atom is 0.315 e. The monoisotopic (exact) mass is 268 g/mol. The first kappa shape index (κ1) is 14.6. The summed E-state index contributed by atoms with van der Waals surface area (Å²) in [6, 6.07) is 0.684. The number of aliphatic hydroxyl groups is 1. The number of carbonyl (C=O) groups excluding carboxylic acids is 1. The lowest BCUT2D eigenvalue weighted by molar-refractivity contribution is 0.174. The molecule has 0 radical (unpaired) electrons. The third kappa shape index (κ3) is 5.01. The summed E-state index contributed by atoms with van der Waals surface area (Å²) >= 11 is 0.